The van der Waals surface area contributed by atoms with Gasteiger partial charge in [0.1, 0.15) is 0 Å². The molecular weight excluding hydrogens is 254 g/mol. The fraction of sp³-hybridized carbons (Fsp3) is 0.0625. The van der Waals surface area contributed by atoms with Crippen LogP contribution in [0.3, 0.4) is 0 Å². The Morgan fingerprint density at radius 1 is 0.700 bits per heavy atom. The lowest BCUT2D eigenvalue weighted by Crippen LogP contribution is -2.45. The Hall–Kier alpha value is -2.75. The number of rotatable bonds is 2. The Bertz CT molecular complexity index is 707. The first-order valence-electron chi connectivity index (χ1n) is 6.22. The van der Waals surface area contributed by atoms with Crippen LogP contribution in [0.1, 0.15) is 26.3 Å². The van der Waals surface area contributed by atoms with Gasteiger partial charge in [-0.3, -0.25) is 19.3 Å². The molecule has 0 radical (unpaired) electrons. The van der Waals surface area contributed by atoms with Crippen LogP contribution in [0.4, 0.5) is 0 Å². The number of benzene rings is 2. The van der Waals surface area contributed by atoms with Gasteiger partial charge in [-0.1, -0.05) is 48.5 Å². The van der Waals surface area contributed by atoms with E-state index in [0.29, 0.717) is 0 Å². The molecule has 0 fully saturated rings. The van der Waals surface area contributed by atoms with Crippen molar-refractivity contribution < 1.29 is 14.4 Å². The summed E-state index contributed by atoms with van der Waals surface area (Å²) in [7, 11) is 0. The molecule has 0 aromatic heterocycles. The third-order valence-electron chi connectivity index (χ3n) is 3.27. The molecule has 0 aliphatic carbocycles. The number of ketones is 1. The van der Waals surface area contributed by atoms with Crippen molar-refractivity contribution in [1.29, 1.82) is 0 Å². The highest BCUT2D eigenvalue weighted by atomic mass is 16.2. The van der Waals surface area contributed by atoms with Crippen molar-refractivity contribution in [2.75, 3.05) is 0 Å². The van der Waals surface area contributed by atoms with Crippen LogP contribution in [0.25, 0.3) is 0 Å². The summed E-state index contributed by atoms with van der Waals surface area (Å²) in [5.74, 6) is -1.82. The minimum atomic E-state index is -0.766. The third-order valence-corrected chi connectivity index (χ3v) is 3.27. The van der Waals surface area contributed by atoms with Crippen LogP contribution in [0.15, 0.2) is 54.6 Å². The summed E-state index contributed by atoms with van der Waals surface area (Å²) in [6.07, 6.45) is 0. The molecule has 1 aliphatic rings. The third kappa shape index (κ3) is 1.91. The molecule has 0 spiro atoms. The Labute approximate surface area is 115 Å². The molecule has 0 bridgehead atoms. The number of carbonyl (C=O) groups is 3. The van der Waals surface area contributed by atoms with Gasteiger partial charge in [0.05, 0.1) is 12.1 Å². The number of hydrogen-bond donors (Lipinski definition) is 0. The summed E-state index contributed by atoms with van der Waals surface area (Å²) in [4.78, 5) is 37.4. The van der Waals surface area contributed by atoms with Gasteiger partial charge in [-0.15, -0.1) is 0 Å². The standard InChI is InChI=1S/C16H11NO3/c18-14-12-8-4-5-9-13(12)15(19)17(16(14)20)10-11-6-2-1-3-7-11/h1-9H,10H2. The number of hydrogen-bond acceptors (Lipinski definition) is 3. The molecule has 0 N–H and O–H groups in total. The molecule has 2 aromatic carbocycles. The fourth-order valence-corrected chi connectivity index (χ4v) is 2.25. The highest BCUT2D eigenvalue weighted by Crippen LogP contribution is 2.21. The van der Waals surface area contributed by atoms with Gasteiger partial charge in [0.2, 0.25) is 0 Å². The molecule has 0 atom stereocenters. The first kappa shape index (κ1) is 12.3. The van der Waals surface area contributed by atoms with Gasteiger partial charge in [0.25, 0.3) is 11.7 Å². The maximum atomic E-state index is 12.3. The van der Waals surface area contributed by atoms with E-state index in [2.05, 4.69) is 0 Å². The fourth-order valence-electron chi connectivity index (χ4n) is 2.25. The highest BCUT2D eigenvalue weighted by Gasteiger charge is 2.37. The summed E-state index contributed by atoms with van der Waals surface area (Å²) in [6.45, 7) is 0.110. The monoisotopic (exact) mass is 265 g/mol. The molecule has 3 rings (SSSR count). The van der Waals surface area contributed by atoms with Crippen LogP contribution >= 0.6 is 0 Å². The van der Waals surface area contributed by atoms with E-state index in [9.17, 15) is 14.4 Å². The van der Waals surface area contributed by atoms with Gasteiger partial charge >= 0.3 is 5.91 Å². The number of amides is 2. The smallest absolute Gasteiger partial charge is 0.283 e. The predicted molar refractivity (Wildman–Crippen MR) is 72.1 cm³/mol. The maximum Gasteiger partial charge on any atom is 0.302 e. The van der Waals surface area contributed by atoms with E-state index in [1.807, 2.05) is 30.3 Å². The second kappa shape index (κ2) is 4.74. The van der Waals surface area contributed by atoms with Crippen LogP contribution in [-0.2, 0) is 11.3 Å². The summed E-state index contributed by atoms with van der Waals surface area (Å²) < 4.78 is 0. The normalized spacial score (nSPS) is 14.4. The summed E-state index contributed by atoms with van der Waals surface area (Å²) in [5.41, 5.74) is 1.28. The first-order valence-corrected chi connectivity index (χ1v) is 6.22. The van der Waals surface area contributed by atoms with E-state index in [-0.39, 0.29) is 17.7 Å². The van der Waals surface area contributed by atoms with Gasteiger partial charge in [0, 0.05) is 5.56 Å². The molecule has 0 saturated carbocycles. The van der Waals surface area contributed by atoms with E-state index in [0.717, 1.165) is 10.5 Å². The first-order chi connectivity index (χ1) is 9.68. The van der Waals surface area contributed by atoms with Gasteiger partial charge in [-0.05, 0) is 11.6 Å². The molecule has 0 unspecified atom stereocenters. The van der Waals surface area contributed by atoms with Gasteiger partial charge in [0.15, 0.2) is 0 Å². The molecule has 2 aromatic rings. The van der Waals surface area contributed by atoms with Crippen molar-refractivity contribution in [2.45, 2.75) is 6.54 Å². The lowest BCUT2D eigenvalue weighted by atomic mass is 9.97. The number of nitrogens with zero attached hydrogens (tertiary/aromatic N) is 1. The van der Waals surface area contributed by atoms with E-state index in [1.54, 1.807) is 18.2 Å². The molecule has 4 nitrogen and oxygen atoms in total. The van der Waals surface area contributed by atoms with Crippen molar-refractivity contribution in [1.82, 2.24) is 4.90 Å². The van der Waals surface area contributed by atoms with E-state index in [1.165, 1.54) is 6.07 Å². The zero-order valence-electron chi connectivity index (χ0n) is 10.6. The van der Waals surface area contributed by atoms with E-state index < -0.39 is 17.6 Å². The van der Waals surface area contributed by atoms with Crippen molar-refractivity contribution in [3.63, 3.8) is 0 Å². The number of imide groups is 1. The summed E-state index contributed by atoms with van der Waals surface area (Å²) in [5, 5.41) is 0. The van der Waals surface area contributed by atoms with Crippen molar-refractivity contribution in [3.05, 3.63) is 71.3 Å². The molecule has 98 valence electrons. The topological polar surface area (TPSA) is 54.5 Å². The Kier molecular flexibility index (Phi) is 2.91. The van der Waals surface area contributed by atoms with E-state index >= 15 is 0 Å². The SMILES string of the molecule is O=C1C(=O)N(Cc2ccccc2)C(=O)c2ccccc21. The van der Waals surface area contributed by atoms with Crippen LogP contribution in [-0.4, -0.2) is 22.5 Å². The second-order valence-electron chi connectivity index (χ2n) is 4.56. The number of fused-ring (bicyclic) bond motifs is 1. The van der Waals surface area contributed by atoms with Crippen LogP contribution in [0.2, 0.25) is 0 Å². The average molecular weight is 265 g/mol. The summed E-state index contributed by atoms with van der Waals surface area (Å²) >= 11 is 0. The van der Waals surface area contributed by atoms with Crippen LogP contribution in [0, 0.1) is 0 Å². The summed E-state index contributed by atoms with van der Waals surface area (Å²) in [6, 6.07) is 15.5. The minimum Gasteiger partial charge on any atom is -0.283 e. The van der Waals surface area contributed by atoms with Crippen LogP contribution in [0.5, 0.6) is 0 Å². The van der Waals surface area contributed by atoms with Gasteiger partial charge < -0.3 is 0 Å². The quantitative estimate of drug-likeness (QED) is 0.617. The molecule has 20 heavy (non-hydrogen) atoms. The Morgan fingerprint density at radius 2 is 1.30 bits per heavy atom. The lowest BCUT2D eigenvalue weighted by molar-refractivity contribution is -0.124. The zero-order chi connectivity index (χ0) is 14.1. The average Bonchev–Trinajstić information content (AvgIpc) is 2.50. The molecule has 1 aliphatic heterocycles. The lowest BCUT2D eigenvalue weighted by Gasteiger charge is -2.25. The zero-order valence-corrected chi connectivity index (χ0v) is 10.6. The molecular formula is C16H11NO3. The number of Topliss-reactive ketones (excluding diaryl/α,β-unsaturated/α-hetero) is 1. The van der Waals surface area contributed by atoms with Crippen LogP contribution < -0.4 is 0 Å². The molecule has 2 amide bonds. The van der Waals surface area contributed by atoms with Crippen molar-refractivity contribution >= 4 is 17.6 Å². The second-order valence-corrected chi connectivity index (χ2v) is 4.56. The van der Waals surface area contributed by atoms with Gasteiger partial charge in [-0.25, -0.2) is 0 Å². The molecule has 4 heteroatoms. The minimum absolute atomic E-state index is 0.110. The molecule has 1 heterocycles. The maximum absolute atomic E-state index is 12.3. The highest BCUT2D eigenvalue weighted by molar-refractivity contribution is 6.49. The Balaban J connectivity index is 2.00. The van der Waals surface area contributed by atoms with E-state index in [4.69, 9.17) is 0 Å². The predicted octanol–water partition coefficient (Wildman–Crippen LogP) is 2.05. The van der Waals surface area contributed by atoms with Crippen molar-refractivity contribution in [2.24, 2.45) is 0 Å². The largest absolute Gasteiger partial charge is 0.302 e. The van der Waals surface area contributed by atoms with Gasteiger partial charge in [-0.2, -0.15) is 0 Å². The molecule has 0 saturated heterocycles. The Morgan fingerprint density at radius 3 is 2.00 bits per heavy atom. The van der Waals surface area contributed by atoms with Crippen molar-refractivity contribution in [3.8, 4) is 0 Å². The number of carbonyl (C=O) groups excluding carboxylic acids is 3.